The van der Waals surface area contributed by atoms with E-state index in [9.17, 15) is 4.39 Å². The second-order valence-corrected chi connectivity index (χ2v) is 6.48. The predicted molar refractivity (Wildman–Crippen MR) is 90.5 cm³/mol. The van der Waals surface area contributed by atoms with Crippen LogP contribution in [0, 0.1) is 5.82 Å². The van der Waals surface area contributed by atoms with Crippen LogP contribution < -0.4 is 10.2 Å². The molecule has 0 unspecified atom stereocenters. The van der Waals surface area contributed by atoms with E-state index in [2.05, 4.69) is 25.2 Å². The van der Waals surface area contributed by atoms with Gasteiger partial charge in [-0.05, 0) is 31.0 Å². The molecule has 1 N–H and O–H groups in total. The highest BCUT2D eigenvalue weighted by atomic mass is 32.1. The topological polar surface area (TPSA) is 53.9 Å². The molecule has 3 aromatic rings. The molecule has 23 heavy (non-hydrogen) atoms. The largest absolute Gasteiger partial charge is 0.367 e. The molecule has 118 valence electrons. The summed E-state index contributed by atoms with van der Waals surface area (Å²) in [7, 11) is 0. The molecule has 7 heteroatoms. The average molecular weight is 329 g/mol. The van der Waals surface area contributed by atoms with Gasteiger partial charge in [0.25, 0.3) is 0 Å². The molecule has 1 aromatic carbocycles. The van der Waals surface area contributed by atoms with Crippen LogP contribution in [0.5, 0.6) is 0 Å². The Labute approximate surface area is 137 Å². The first-order valence-electron chi connectivity index (χ1n) is 7.61. The highest BCUT2D eigenvalue weighted by Gasteiger charge is 2.21. The van der Waals surface area contributed by atoms with Crippen molar-refractivity contribution in [2.24, 2.45) is 0 Å². The van der Waals surface area contributed by atoms with Gasteiger partial charge in [-0.3, -0.25) is 0 Å². The second kappa shape index (κ2) is 6.08. The van der Waals surface area contributed by atoms with E-state index in [0.29, 0.717) is 11.9 Å². The van der Waals surface area contributed by atoms with E-state index in [1.165, 1.54) is 18.5 Å². The molecule has 1 aliphatic heterocycles. The van der Waals surface area contributed by atoms with E-state index in [1.54, 1.807) is 17.4 Å². The van der Waals surface area contributed by atoms with Gasteiger partial charge in [0.1, 0.15) is 18.0 Å². The zero-order chi connectivity index (χ0) is 15.6. The first kappa shape index (κ1) is 14.3. The fourth-order valence-electron chi connectivity index (χ4n) is 2.92. The number of halogens is 1. The van der Waals surface area contributed by atoms with E-state index >= 15 is 0 Å². The third-order valence-corrected chi connectivity index (χ3v) is 4.96. The summed E-state index contributed by atoms with van der Waals surface area (Å²) in [5.74, 6) is 0.441. The van der Waals surface area contributed by atoms with Crippen molar-refractivity contribution in [2.45, 2.75) is 18.9 Å². The Bertz CT molecular complexity index is 799. The minimum absolute atomic E-state index is 0.270. The van der Waals surface area contributed by atoms with E-state index < -0.39 is 0 Å². The summed E-state index contributed by atoms with van der Waals surface area (Å²) in [6.07, 6.45) is 5.36. The van der Waals surface area contributed by atoms with Crippen molar-refractivity contribution in [3.05, 3.63) is 41.9 Å². The number of nitrogens with one attached hydrogen (secondary N) is 1. The highest BCUT2D eigenvalue weighted by Crippen LogP contribution is 2.25. The van der Waals surface area contributed by atoms with Crippen LogP contribution in [0.15, 0.2) is 36.1 Å². The van der Waals surface area contributed by atoms with Crippen LogP contribution in [0.3, 0.4) is 0 Å². The molecule has 0 saturated carbocycles. The third kappa shape index (κ3) is 2.96. The van der Waals surface area contributed by atoms with Crippen LogP contribution in [0.25, 0.3) is 10.9 Å². The summed E-state index contributed by atoms with van der Waals surface area (Å²) < 4.78 is 13.5. The molecule has 1 aliphatic rings. The second-order valence-electron chi connectivity index (χ2n) is 5.60. The monoisotopic (exact) mass is 329 g/mol. The fourth-order valence-corrected chi connectivity index (χ4v) is 3.62. The standard InChI is InChI=1S/C16H16FN5S/c17-11-1-2-14-13(9-11)15(20-10-19-14)21-12-3-6-22(7-4-12)16-18-5-8-23-16/h1-2,5,8-10,12H,3-4,6-7H2,(H,19,20,21). The van der Waals surface area contributed by atoms with Crippen LogP contribution in [0.4, 0.5) is 15.3 Å². The molecule has 3 heterocycles. The van der Waals surface area contributed by atoms with Gasteiger partial charge in [-0.1, -0.05) is 0 Å². The summed E-state index contributed by atoms with van der Waals surface area (Å²) in [6, 6.07) is 4.92. The fraction of sp³-hybridized carbons (Fsp3) is 0.312. The number of hydrogen-bond donors (Lipinski definition) is 1. The number of benzene rings is 1. The van der Waals surface area contributed by atoms with Crippen LogP contribution in [0.2, 0.25) is 0 Å². The summed E-state index contributed by atoms with van der Waals surface area (Å²) in [5.41, 5.74) is 0.754. The van der Waals surface area contributed by atoms with Gasteiger partial charge in [-0.25, -0.2) is 19.3 Å². The van der Waals surface area contributed by atoms with Gasteiger partial charge in [0.15, 0.2) is 5.13 Å². The molecule has 1 fully saturated rings. The van der Waals surface area contributed by atoms with Gasteiger partial charge in [0.05, 0.1) is 5.52 Å². The normalized spacial score (nSPS) is 16.0. The lowest BCUT2D eigenvalue weighted by Crippen LogP contribution is -2.39. The number of piperidine rings is 1. The van der Waals surface area contributed by atoms with Crippen molar-refractivity contribution < 1.29 is 4.39 Å². The van der Waals surface area contributed by atoms with Crippen molar-refractivity contribution in [3.8, 4) is 0 Å². The van der Waals surface area contributed by atoms with Crippen LogP contribution >= 0.6 is 11.3 Å². The molecule has 0 bridgehead atoms. The Morgan fingerprint density at radius 1 is 1.17 bits per heavy atom. The van der Waals surface area contributed by atoms with Crippen LogP contribution in [-0.2, 0) is 0 Å². The zero-order valence-electron chi connectivity index (χ0n) is 12.4. The average Bonchev–Trinajstić information content (AvgIpc) is 3.11. The van der Waals surface area contributed by atoms with Gasteiger partial charge >= 0.3 is 0 Å². The van der Waals surface area contributed by atoms with E-state index in [1.807, 2.05) is 11.6 Å². The number of fused-ring (bicyclic) bond motifs is 1. The summed E-state index contributed by atoms with van der Waals surface area (Å²) in [6.45, 7) is 1.92. The van der Waals surface area contributed by atoms with Crippen molar-refractivity contribution in [3.63, 3.8) is 0 Å². The Balaban J connectivity index is 1.48. The minimum atomic E-state index is -0.270. The Kier molecular flexibility index (Phi) is 3.78. The number of nitrogens with zero attached hydrogens (tertiary/aromatic N) is 4. The van der Waals surface area contributed by atoms with Crippen molar-refractivity contribution in [1.82, 2.24) is 15.0 Å². The van der Waals surface area contributed by atoms with Gasteiger partial charge in [0.2, 0.25) is 0 Å². The number of anilines is 2. The summed E-state index contributed by atoms with van der Waals surface area (Å²) >= 11 is 1.67. The number of aromatic nitrogens is 3. The molecule has 0 radical (unpaired) electrons. The van der Waals surface area contributed by atoms with Gasteiger partial charge < -0.3 is 10.2 Å². The van der Waals surface area contributed by atoms with E-state index in [0.717, 1.165) is 42.0 Å². The maximum absolute atomic E-state index is 13.5. The van der Waals surface area contributed by atoms with Crippen molar-refractivity contribution in [2.75, 3.05) is 23.3 Å². The number of hydrogen-bond acceptors (Lipinski definition) is 6. The lowest BCUT2D eigenvalue weighted by molar-refractivity contribution is 0.525. The molecule has 2 aromatic heterocycles. The smallest absolute Gasteiger partial charge is 0.185 e. The lowest BCUT2D eigenvalue weighted by atomic mass is 10.1. The first-order chi connectivity index (χ1) is 11.3. The molecular weight excluding hydrogens is 313 g/mol. The minimum Gasteiger partial charge on any atom is -0.367 e. The van der Waals surface area contributed by atoms with Crippen molar-refractivity contribution in [1.29, 1.82) is 0 Å². The summed E-state index contributed by atoms with van der Waals surface area (Å²) in [4.78, 5) is 15.2. The number of rotatable bonds is 3. The Morgan fingerprint density at radius 2 is 2.04 bits per heavy atom. The van der Waals surface area contributed by atoms with Crippen LogP contribution in [-0.4, -0.2) is 34.1 Å². The Hall–Kier alpha value is -2.28. The van der Waals surface area contributed by atoms with Gasteiger partial charge in [0, 0.05) is 36.1 Å². The SMILES string of the molecule is Fc1ccc2ncnc(NC3CCN(c4nccs4)CC3)c2c1. The molecule has 0 atom stereocenters. The molecular formula is C16H16FN5S. The highest BCUT2D eigenvalue weighted by molar-refractivity contribution is 7.13. The maximum atomic E-state index is 13.5. The zero-order valence-corrected chi connectivity index (χ0v) is 13.3. The molecule has 0 aliphatic carbocycles. The Morgan fingerprint density at radius 3 is 2.83 bits per heavy atom. The summed E-state index contributed by atoms with van der Waals surface area (Å²) in [5, 5.41) is 7.27. The molecule has 0 amide bonds. The molecule has 0 spiro atoms. The number of thiazole rings is 1. The third-order valence-electron chi connectivity index (χ3n) is 4.12. The molecule has 5 nitrogen and oxygen atoms in total. The molecule has 1 saturated heterocycles. The van der Waals surface area contributed by atoms with E-state index in [4.69, 9.17) is 0 Å². The maximum Gasteiger partial charge on any atom is 0.185 e. The van der Waals surface area contributed by atoms with E-state index in [-0.39, 0.29) is 5.82 Å². The van der Waals surface area contributed by atoms with Crippen molar-refractivity contribution >= 4 is 33.2 Å². The van der Waals surface area contributed by atoms with Gasteiger partial charge in [-0.2, -0.15) is 0 Å². The van der Waals surface area contributed by atoms with Gasteiger partial charge in [-0.15, -0.1) is 11.3 Å². The first-order valence-corrected chi connectivity index (χ1v) is 8.49. The predicted octanol–water partition coefficient (Wildman–Crippen LogP) is 3.31. The lowest BCUT2D eigenvalue weighted by Gasteiger charge is -2.32. The quantitative estimate of drug-likeness (QED) is 0.799. The van der Waals surface area contributed by atoms with Crippen LogP contribution in [0.1, 0.15) is 12.8 Å². The molecule has 4 rings (SSSR count).